The maximum atomic E-state index is 11.6. The number of hydrogen-bond donors (Lipinski definition) is 1. The molecule has 1 aliphatic rings. The van der Waals surface area contributed by atoms with Gasteiger partial charge in [-0.2, -0.15) is 0 Å². The molecule has 2 N–H and O–H groups in total. The highest BCUT2D eigenvalue weighted by Gasteiger charge is 2.18. The number of carbonyl (C=O) groups excluding carboxylic acids is 2. The summed E-state index contributed by atoms with van der Waals surface area (Å²) in [6, 6.07) is 5.04. The van der Waals surface area contributed by atoms with Crippen LogP contribution in [0.25, 0.3) is 0 Å². The number of primary amides is 1. The second-order valence-corrected chi connectivity index (χ2v) is 3.74. The first kappa shape index (κ1) is 11.4. The van der Waals surface area contributed by atoms with Crippen LogP contribution in [-0.4, -0.2) is 24.9 Å². The van der Waals surface area contributed by atoms with E-state index < -0.39 is 5.91 Å². The van der Waals surface area contributed by atoms with Gasteiger partial charge in [-0.1, -0.05) is 0 Å². The zero-order valence-corrected chi connectivity index (χ0v) is 9.27. The molecule has 17 heavy (non-hydrogen) atoms. The van der Waals surface area contributed by atoms with Gasteiger partial charge in [0.05, 0.1) is 25.2 Å². The van der Waals surface area contributed by atoms with Gasteiger partial charge >= 0.3 is 0 Å². The Kier molecular flexibility index (Phi) is 3.27. The molecule has 1 aromatic carbocycles. The molecule has 1 aliphatic heterocycles. The normalized spacial score (nSPS) is 13.8. The lowest BCUT2D eigenvalue weighted by atomic mass is 10.0. The van der Waals surface area contributed by atoms with Gasteiger partial charge in [0.25, 0.3) is 0 Å². The third-order valence-electron chi connectivity index (χ3n) is 2.46. The van der Waals surface area contributed by atoms with Gasteiger partial charge in [0.15, 0.2) is 5.78 Å². The van der Waals surface area contributed by atoms with Gasteiger partial charge in [0.1, 0.15) is 11.5 Å². The average molecular weight is 235 g/mol. The SMILES string of the molecule is NC(=O)CCOc1ccc2c(c1)C(=O)CCO2. The number of amides is 1. The topological polar surface area (TPSA) is 78.6 Å². The first-order valence-electron chi connectivity index (χ1n) is 5.38. The van der Waals surface area contributed by atoms with E-state index in [0.717, 1.165) is 0 Å². The van der Waals surface area contributed by atoms with Crippen LogP contribution in [-0.2, 0) is 4.79 Å². The predicted molar refractivity (Wildman–Crippen MR) is 60.2 cm³/mol. The molecule has 0 saturated heterocycles. The lowest BCUT2D eigenvalue weighted by Gasteiger charge is -2.17. The number of hydrogen-bond acceptors (Lipinski definition) is 4. The largest absolute Gasteiger partial charge is 0.493 e. The first-order chi connectivity index (χ1) is 8.16. The molecule has 1 aromatic rings. The number of ketones is 1. The van der Waals surface area contributed by atoms with E-state index in [1.54, 1.807) is 18.2 Å². The molecule has 0 aliphatic carbocycles. The molecule has 1 amide bonds. The Morgan fingerprint density at radius 2 is 2.29 bits per heavy atom. The van der Waals surface area contributed by atoms with Crippen LogP contribution in [0.5, 0.6) is 11.5 Å². The monoisotopic (exact) mass is 235 g/mol. The Balaban J connectivity index is 2.07. The summed E-state index contributed by atoms with van der Waals surface area (Å²) < 4.78 is 10.7. The molecule has 5 heteroatoms. The average Bonchev–Trinajstić information content (AvgIpc) is 2.30. The molecule has 0 aromatic heterocycles. The quantitative estimate of drug-likeness (QED) is 0.841. The highest BCUT2D eigenvalue weighted by atomic mass is 16.5. The minimum atomic E-state index is -0.414. The molecule has 2 rings (SSSR count). The maximum absolute atomic E-state index is 11.6. The van der Waals surface area contributed by atoms with Crippen LogP contribution in [0.2, 0.25) is 0 Å². The fourth-order valence-electron chi connectivity index (χ4n) is 1.60. The van der Waals surface area contributed by atoms with Crippen molar-refractivity contribution in [3.05, 3.63) is 23.8 Å². The van der Waals surface area contributed by atoms with Gasteiger partial charge in [-0.3, -0.25) is 9.59 Å². The molecule has 0 bridgehead atoms. The summed E-state index contributed by atoms with van der Waals surface area (Å²) in [6.45, 7) is 0.636. The Hall–Kier alpha value is -2.04. The van der Waals surface area contributed by atoms with E-state index in [2.05, 4.69) is 0 Å². The van der Waals surface area contributed by atoms with E-state index in [1.807, 2.05) is 0 Å². The molecular formula is C12H13NO4. The summed E-state index contributed by atoms with van der Waals surface area (Å²) >= 11 is 0. The van der Waals surface area contributed by atoms with Crippen molar-refractivity contribution in [3.63, 3.8) is 0 Å². The standard InChI is InChI=1S/C12H13NO4/c13-12(15)4-6-16-8-1-2-11-9(7-8)10(14)3-5-17-11/h1-2,7H,3-6H2,(H2,13,15). The number of rotatable bonds is 4. The summed E-state index contributed by atoms with van der Waals surface area (Å²) in [5, 5.41) is 0. The van der Waals surface area contributed by atoms with Gasteiger partial charge < -0.3 is 15.2 Å². The zero-order chi connectivity index (χ0) is 12.3. The highest BCUT2D eigenvalue weighted by molar-refractivity contribution is 5.99. The Morgan fingerprint density at radius 3 is 3.06 bits per heavy atom. The van der Waals surface area contributed by atoms with E-state index in [1.165, 1.54) is 0 Å². The van der Waals surface area contributed by atoms with Crippen molar-refractivity contribution in [1.82, 2.24) is 0 Å². The number of Topliss-reactive ketones (excluding diaryl/α,β-unsaturated/α-hetero) is 1. The molecule has 1 heterocycles. The lowest BCUT2D eigenvalue weighted by molar-refractivity contribution is -0.118. The third-order valence-corrected chi connectivity index (χ3v) is 2.46. The molecule has 0 saturated carbocycles. The first-order valence-corrected chi connectivity index (χ1v) is 5.38. The van der Waals surface area contributed by atoms with Crippen molar-refractivity contribution in [2.24, 2.45) is 5.73 Å². The minimum absolute atomic E-state index is 0.0478. The molecule has 0 unspecified atom stereocenters. The van der Waals surface area contributed by atoms with Crippen molar-refractivity contribution in [2.75, 3.05) is 13.2 Å². The van der Waals surface area contributed by atoms with Crippen molar-refractivity contribution >= 4 is 11.7 Å². The molecule has 0 atom stereocenters. The number of fused-ring (bicyclic) bond motifs is 1. The van der Waals surface area contributed by atoms with Gasteiger partial charge in [-0.05, 0) is 18.2 Å². The molecule has 5 nitrogen and oxygen atoms in total. The molecular weight excluding hydrogens is 222 g/mol. The second-order valence-electron chi connectivity index (χ2n) is 3.74. The summed E-state index contributed by atoms with van der Waals surface area (Å²) in [6.07, 6.45) is 0.541. The van der Waals surface area contributed by atoms with E-state index in [4.69, 9.17) is 15.2 Å². The van der Waals surface area contributed by atoms with Crippen LogP contribution in [0, 0.1) is 0 Å². The third kappa shape index (κ3) is 2.75. The van der Waals surface area contributed by atoms with E-state index in [0.29, 0.717) is 30.1 Å². The van der Waals surface area contributed by atoms with Crippen LogP contribution in [0.15, 0.2) is 18.2 Å². The predicted octanol–water partition coefficient (Wildman–Crippen LogP) is 0.906. The van der Waals surface area contributed by atoms with Gasteiger partial charge in [-0.15, -0.1) is 0 Å². The van der Waals surface area contributed by atoms with Crippen LogP contribution in [0.4, 0.5) is 0 Å². The molecule has 0 fully saturated rings. The fraction of sp³-hybridized carbons (Fsp3) is 0.333. The van der Waals surface area contributed by atoms with Crippen molar-refractivity contribution in [2.45, 2.75) is 12.8 Å². The maximum Gasteiger partial charge on any atom is 0.220 e. The van der Waals surface area contributed by atoms with Crippen LogP contribution in [0.3, 0.4) is 0 Å². The highest BCUT2D eigenvalue weighted by Crippen LogP contribution is 2.28. The van der Waals surface area contributed by atoms with Crippen LogP contribution < -0.4 is 15.2 Å². The van der Waals surface area contributed by atoms with Gasteiger partial charge in [0, 0.05) is 6.42 Å². The number of ether oxygens (including phenoxy) is 2. The zero-order valence-electron chi connectivity index (χ0n) is 9.27. The Labute approximate surface area is 98.5 Å². The Bertz CT molecular complexity index is 456. The van der Waals surface area contributed by atoms with Gasteiger partial charge in [0.2, 0.25) is 5.91 Å². The van der Waals surface area contributed by atoms with Gasteiger partial charge in [-0.25, -0.2) is 0 Å². The summed E-state index contributed by atoms with van der Waals surface area (Å²) in [5.74, 6) is 0.765. The van der Waals surface area contributed by atoms with E-state index >= 15 is 0 Å². The van der Waals surface area contributed by atoms with Crippen molar-refractivity contribution in [1.29, 1.82) is 0 Å². The Morgan fingerprint density at radius 1 is 1.47 bits per heavy atom. The molecule has 90 valence electrons. The summed E-state index contributed by atoms with van der Waals surface area (Å²) in [5.41, 5.74) is 5.53. The summed E-state index contributed by atoms with van der Waals surface area (Å²) in [7, 11) is 0. The number of nitrogens with two attached hydrogens (primary N) is 1. The van der Waals surface area contributed by atoms with Crippen LogP contribution >= 0.6 is 0 Å². The lowest BCUT2D eigenvalue weighted by Crippen LogP contribution is -2.16. The minimum Gasteiger partial charge on any atom is -0.493 e. The second kappa shape index (κ2) is 4.86. The number of carbonyl (C=O) groups is 2. The van der Waals surface area contributed by atoms with Crippen LogP contribution in [0.1, 0.15) is 23.2 Å². The van der Waals surface area contributed by atoms with Crippen molar-refractivity contribution in [3.8, 4) is 11.5 Å². The summed E-state index contributed by atoms with van der Waals surface area (Å²) in [4.78, 5) is 22.2. The number of benzene rings is 1. The van der Waals surface area contributed by atoms with Crippen molar-refractivity contribution < 1.29 is 19.1 Å². The van der Waals surface area contributed by atoms with E-state index in [9.17, 15) is 9.59 Å². The molecule has 0 spiro atoms. The van der Waals surface area contributed by atoms with E-state index in [-0.39, 0.29) is 18.8 Å². The smallest absolute Gasteiger partial charge is 0.220 e. The fourth-order valence-corrected chi connectivity index (χ4v) is 1.60. The molecule has 0 radical (unpaired) electrons.